The van der Waals surface area contributed by atoms with Crippen LogP contribution in [0.4, 0.5) is 0 Å². The first-order valence-electron chi connectivity index (χ1n) is 5.43. The monoisotopic (exact) mass is 182 g/mol. The molecule has 1 aliphatic carbocycles. The summed E-state index contributed by atoms with van der Waals surface area (Å²) < 4.78 is 0. The van der Waals surface area contributed by atoms with Crippen LogP contribution in [0.1, 0.15) is 32.6 Å². The summed E-state index contributed by atoms with van der Waals surface area (Å²) in [6, 6.07) is 0.805. The van der Waals surface area contributed by atoms with Crippen LogP contribution in [0.25, 0.3) is 0 Å². The second kappa shape index (κ2) is 6.17. The highest BCUT2D eigenvalue weighted by Crippen LogP contribution is 2.22. The molecule has 1 saturated carbocycles. The Morgan fingerprint density at radius 2 is 2.08 bits per heavy atom. The van der Waals surface area contributed by atoms with Gasteiger partial charge in [0.2, 0.25) is 0 Å². The number of allylic oxidation sites excluding steroid dienone is 1. The molecule has 0 unspecified atom stereocenters. The van der Waals surface area contributed by atoms with E-state index in [1.165, 1.54) is 25.7 Å². The highest BCUT2D eigenvalue weighted by Gasteiger charge is 2.20. The van der Waals surface area contributed by atoms with E-state index >= 15 is 0 Å². The van der Waals surface area contributed by atoms with Crippen molar-refractivity contribution in [3.8, 4) is 0 Å². The quantitative estimate of drug-likeness (QED) is 0.657. The molecule has 0 bridgehead atoms. The molecule has 2 heteroatoms. The molecule has 1 fully saturated rings. The van der Waals surface area contributed by atoms with Gasteiger partial charge in [0, 0.05) is 25.7 Å². The first-order valence-corrected chi connectivity index (χ1v) is 5.43. The molecule has 0 aromatic heterocycles. The first kappa shape index (κ1) is 10.7. The van der Waals surface area contributed by atoms with Gasteiger partial charge in [-0.15, -0.1) is 0 Å². The molecule has 76 valence electrons. The molecule has 0 saturated heterocycles. The van der Waals surface area contributed by atoms with Gasteiger partial charge in [0.15, 0.2) is 0 Å². The molecular weight excluding hydrogens is 160 g/mol. The Morgan fingerprint density at radius 1 is 1.38 bits per heavy atom. The predicted octanol–water partition coefficient (Wildman–Crippen LogP) is 1.77. The SMILES string of the molecule is C/C=C/CN(CCN)C1CCCC1. The van der Waals surface area contributed by atoms with Gasteiger partial charge in [-0.3, -0.25) is 4.90 Å². The van der Waals surface area contributed by atoms with Gasteiger partial charge >= 0.3 is 0 Å². The Bertz CT molecular complexity index is 148. The lowest BCUT2D eigenvalue weighted by Crippen LogP contribution is -2.37. The van der Waals surface area contributed by atoms with Gasteiger partial charge in [0.05, 0.1) is 0 Å². The second-order valence-electron chi connectivity index (χ2n) is 3.79. The minimum atomic E-state index is 0.786. The molecule has 0 radical (unpaired) electrons. The van der Waals surface area contributed by atoms with Crippen molar-refractivity contribution >= 4 is 0 Å². The van der Waals surface area contributed by atoms with E-state index in [0.717, 1.165) is 25.7 Å². The Morgan fingerprint density at radius 3 is 2.62 bits per heavy atom. The number of hydrogen-bond donors (Lipinski definition) is 1. The summed E-state index contributed by atoms with van der Waals surface area (Å²) in [4.78, 5) is 2.52. The van der Waals surface area contributed by atoms with E-state index < -0.39 is 0 Å². The molecule has 0 aliphatic heterocycles. The average Bonchev–Trinajstić information content (AvgIpc) is 2.65. The molecule has 0 spiro atoms. The van der Waals surface area contributed by atoms with Crippen LogP contribution in [-0.4, -0.2) is 30.6 Å². The topological polar surface area (TPSA) is 29.3 Å². The zero-order valence-corrected chi connectivity index (χ0v) is 8.71. The molecule has 1 rings (SSSR count). The predicted molar refractivity (Wildman–Crippen MR) is 57.7 cm³/mol. The second-order valence-corrected chi connectivity index (χ2v) is 3.79. The van der Waals surface area contributed by atoms with Gasteiger partial charge in [-0.25, -0.2) is 0 Å². The fraction of sp³-hybridized carbons (Fsp3) is 0.818. The maximum Gasteiger partial charge on any atom is 0.0166 e. The van der Waals surface area contributed by atoms with Gasteiger partial charge in [0.1, 0.15) is 0 Å². The van der Waals surface area contributed by atoms with E-state index in [1.807, 2.05) is 0 Å². The fourth-order valence-electron chi connectivity index (χ4n) is 2.10. The summed E-state index contributed by atoms with van der Waals surface area (Å²) in [7, 11) is 0. The number of nitrogens with two attached hydrogens (primary N) is 1. The van der Waals surface area contributed by atoms with Crippen LogP contribution in [0, 0.1) is 0 Å². The van der Waals surface area contributed by atoms with E-state index in [4.69, 9.17) is 5.73 Å². The maximum atomic E-state index is 5.60. The van der Waals surface area contributed by atoms with Crippen molar-refractivity contribution in [1.82, 2.24) is 4.90 Å². The summed E-state index contributed by atoms with van der Waals surface area (Å²) in [5, 5.41) is 0. The van der Waals surface area contributed by atoms with Crippen LogP contribution >= 0.6 is 0 Å². The largest absolute Gasteiger partial charge is 0.329 e. The first-order chi connectivity index (χ1) is 6.38. The van der Waals surface area contributed by atoms with Gasteiger partial charge in [-0.05, 0) is 19.8 Å². The van der Waals surface area contributed by atoms with Crippen LogP contribution in [0.5, 0.6) is 0 Å². The molecular formula is C11H22N2. The van der Waals surface area contributed by atoms with Crippen LogP contribution in [-0.2, 0) is 0 Å². The summed E-state index contributed by atoms with van der Waals surface area (Å²) in [6.45, 7) is 5.00. The molecule has 0 aromatic rings. The highest BCUT2D eigenvalue weighted by molar-refractivity contribution is 4.86. The van der Waals surface area contributed by atoms with Crippen molar-refractivity contribution in [3.05, 3.63) is 12.2 Å². The summed E-state index contributed by atoms with van der Waals surface area (Å²) >= 11 is 0. The zero-order valence-electron chi connectivity index (χ0n) is 8.71. The molecule has 0 atom stereocenters. The molecule has 0 amide bonds. The van der Waals surface area contributed by atoms with Crippen LogP contribution in [0.15, 0.2) is 12.2 Å². The molecule has 1 aliphatic rings. The van der Waals surface area contributed by atoms with Crippen molar-refractivity contribution in [1.29, 1.82) is 0 Å². The van der Waals surface area contributed by atoms with Crippen molar-refractivity contribution in [2.45, 2.75) is 38.6 Å². The van der Waals surface area contributed by atoms with E-state index in [2.05, 4.69) is 24.0 Å². The molecule has 13 heavy (non-hydrogen) atoms. The minimum Gasteiger partial charge on any atom is -0.329 e. The summed E-state index contributed by atoms with van der Waals surface area (Å²) in [6.07, 6.45) is 9.91. The van der Waals surface area contributed by atoms with Crippen LogP contribution in [0.2, 0.25) is 0 Å². The lowest BCUT2D eigenvalue weighted by atomic mass is 10.2. The Labute approximate surface area is 81.8 Å². The van der Waals surface area contributed by atoms with Crippen LogP contribution < -0.4 is 5.73 Å². The maximum absolute atomic E-state index is 5.60. The lowest BCUT2D eigenvalue weighted by molar-refractivity contribution is 0.226. The van der Waals surface area contributed by atoms with Crippen molar-refractivity contribution in [2.24, 2.45) is 5.73 Å². The van der Waals surface area contributed by atoms with E-state index in [-0.39, 0.29) is 0 Å². The van der Waals surface area contributed by atoms with E-state index in [9.17, 15) is 0 Å². The van der Waals surface area contributed by atoms with Gasteiger partial charge < -0.3 is 5.73 Å². The van der Waals surface area contributed by atoms with Crippen molar-refractivity contribution in [3.63, 3.8) is 0 Å². The number of rotatable bonds is 5. The molecule has 0 aromatic carbocycles. The summed E-state index contributed by atoms with van der Waals surface area (Å²) in [5.41, 5.74) is 5.60. The van der Waals surface area contributed by atoms with E-state index in [1.54, 1.807) is 0 Å². The Balaban J connectivity index is 2.35. The van der Waals surface area contributed by atoms with Crippen molar-refractivity contribution in [2.75, 3.05) is 19.6 Å². The molecule has 2 N–H and O–H groups in total. The number of hydrogen-bond acceptors (Lipinski definition) is 2. The standard InChI is InChI=1S/C11H22N2/c1-2-3-9-13(10-8-12)11-6-4-5-7-11/h2-3,11H,4-10,12H2,1H3/b3-2+. The Kier molecular flexibility index (Phi) is 5.09. The third-order valence-corrected chi connectivity index (χ3v) is 2.83. The smallest absolute Gasteiger partial charge is 0.0166 e. The Hall–Kier alpha value is -0.340. The lowest BCUT2D eigenvalue weighted by Gasteiger charge is -2.26. The normalized spacial score (nSPS) is 19.3. The average molecular weight is 182 g/mol. The molecule has 0 heterocycles. The van der Waals surface area contributed by atoms with E-state index in [0.29, 0.717) is 0 Å². The van der Waals surface area contributed by atoms with Crippen molar-refractivity contribution < 1.29 is 0 Å². The number of nitrogens with zero attached hydrogens (tertiary/aromatic N) is 1. The van der Waals surface area contributed by atoms with Gasteiger partial charge in [0.25, 0.3) is 0 Å². The molecule has 2 nitrogen and oxygen atoms in total. The fourth-order valence-corrected chi connectivity index (χ4v) is 2.10. The van der Waals surface area contributed by atoms with Gasteiger partial charge in [-0.2, -0.15) is 0 Å². The third-order valence-electron chi connectivity index (χ3n) is 2.83. The zero-order chi connectivity index (χ0) is 9.52. The highest BCUT2D eigenvalue weighted by atomic mass is 15.2. The third kappa shape index (κ3) is 3.49. The minimum absolute atomic E-state index is 0.786. The van der Waals surface area contributed by atoms with Crippen LogP contribution in [0.3, 0.4) is 0 Å². The summed E-state index contributed by atoms with van der Waals surface area (Å²) in [5.74, 6) is 0. The van der Waals surface area contributed by atoms with Gasteiger partial charge in [-0.1, -0.05) is 25.0 Å².